The first-order valence-corrected chi connectivity index (χ1v) is 7.68. The third-order valence-electron chi connectivity index (χ3n) is 3.19. The standard InChI is InChI=1S/C16H16Br2/c1-10-7-8-13(12(3)9-10)16(18)14-6-4-5-11(2)15(14)17/h4-9,16H,1-3H3. The van der Waals surface area contributed by atoms with Crippen LogP contribution in [0.15, 0.2) is 40.9 Å². The zero-order valence-corrected chi connectivity index (χ0v) is 14.0. The van der Waals surface area contributed by atoms with E-state index in [1.54, 1.807) is 0 Å². The molecule has 0 nitrogen and oxygen atoms in total. The van der Waals surface area contributed by atoms with Crippen LogP contribution in [0.4, 0.5) is 0 Å². The summed E-state index contributed by atoms with van der Waals surface area (Å²) in [5.41, 5.74) is 6.50. The van der Waals surface area contributed by atoms with Crippen LogP contribution in [0, 0.1) is 20.8 Å². The molecule has 1 unspecified atom stereocenters. The van der Waals surface area contributed by atoms with Gasteiger partial charge in [0.25, 0.3) is 0 Å². The molecule has 0 aromatic heterocycles. The summed E-state index contributed by atoms with van der Waals surface area (Å²) in [4.78, 5) is 0.229. The molecule has 0 spiro atoms. The molecule has 0 saturated heterocycles. The molecule has 2 aromatic rings. The summed E-state index contributed by atoms with van der Waals surface area (Å²) in [6, 6.07) is 13.0. The van der Waals surface area contributed by atoms with Crippen LogP contribution in [0.25, 0.3) is 0 Å². The quantitative estimate of drug-likeness (QED) is 0.583. The Labute approximate surface area is 126 Å². The topological polar surface area (TPSA) is 0 Å². The van der Waals surface area contributed by atoms with Crippen molar-refractivity contribution < 1.29 is 0 Å². The first-order chi connectivity index (χ1) is 8.50. The summed E-state index contributed by atoms with van der Waals surface area (Å²) in [6.07, 6.45) is 0. The van der Waals surface area contributed by atoms with Crippen LogP contribution in [-0.2, 0) is 0 Å². The Hall–Kier alpha value is -0.600. The van der Waals surface area contributed by atoms with Gasteiger partial charge in [0, 0.05) is 4.47 Å². The van der Waals surface area contributed by atoms with Crippen LogP contribution in [0.2, 0.25) is 0 Å². The van der Waals surface area contributed by atoms with Crippen molar-refractivity contribution in [3.05, 3.63) is 68.7 Å². The van der Waals surface area contributed by atoms with E-state index in [-0.39, 0.29) is 4.83 Å². The molecule has 2 rings (SSSR count). The lowest BCUT2D eigenvalue weighted by atomic mass is 9.98. The lowest BCUT2D eigenvalue weighted by Crippen LogP contribution is -1.98. The maximum atomic E-state index is 3.82. The molecule has 0 aliphatic rings. The number of aryl methyl sites for hydroxylation is 3. The third-order valence-corrected chi connectivity index (χ3v) is 5.26. The fourth-order valence-electron chi connectivity index (χ4n) is 2.14. The number of alkyl halides is 1. The molecule has 0 saturated carbocycles. The first kappa shape index (κ1) is 13.8. The van der Waals surface area contributed by atoms with Gasteiger partial charge >= 0.3 is 0 Å². The van der Waals surface area contributed by atoms with Crippen molar-refractivity contribution in [2.24, 2.45) is 0 Å². The summed E-state index contributed by atoms with van der Waals surface area (Å²) in [6.45, 7) is 6.41. The summed E-state index contributed by atoms with van der Waals surface area (Å²) >= 11 is 7.51. The number of rotatable bonds is 2. The van der Waals surface area contributed by atoms with Crippen LogP contribution in [-0.4, -0.2) is 0 Å². The van der Waals surface area contributed by atoms with Gasteiger partial charge < -0.3 is 0 Å². The van der Waals surface area contributed by atoms with Crippen molar-refractivity contribution in [3.63, 3.8) is 0 Å². The summed E-state index contributed by atoms with van der Waals surface area (Å²) in [7, 11) is 0. The van der Waals surface area contributed by atoms with Crippen molar-refractivity contribution in [1.29, 1.82) is 0 Å². The fourth-order valence-corrected chi connectivity index (χ4v) is 3.84. The van der Waals surface area contributed by atoms with Gasteiger partial charge in [0.15, 0.2) is 0 Å². The number of hydrogen-bond donors (Lipinski definition) is 0. The minimum absolute atomic E-state index is 0.229. The fraction of sp³-hybridized carbons (Fsp3) is 0.250. The van der Waals surface area contributed by atoms with Gasteiger partial charge in [-0.1, -0.05) is 73.8 Å². The Morgan fingerprint density at radius 3 is 2.28 bits per heavy atom. The van der Waals surface area contributed by atoms with E-state index in [0.29, 0.717) is 0 Å². The van der Waals surface area contributed by atoms with Crippen LogP contribution in [0.5, 0.6) is 0 Å². The second-order valence-corrected chi connectivity index (χ2v) is 6.41. The molecule has 1 atom stereocenters. The molecule has 18 heavy (non-hydrogen) atoms. The lowest BCUT2D eigenvalue weighted by molar-refractivity contribution is 1.12. The maximum Gasteiger partial charge on any atom is 0.0658 e. The Kier molecular flexibility index (Phi) is 4.29. The molecular weight excluding hydrogens is 352 g/mol. The van der Waals surface area contributed by atoms with E-state index in [2.05, 4.69) is 89.0 Å². The average molecular weight is 368 g/mol. The zero-order chi connectivity index (χ0) is 13.3. The highest BCUT2D eigenvalue weighted by atomic mass is 79.9. The maximum absolute atomic E-state index is 3.82. The molecule has 0 aliphatic heterocycles. The Morgan fingerprint density at radius 1 is 0.889 bits per heavy atom. The number of benzene rings is 2. The van der Waals surface area contributed by atoms with Crippen molar-refractivity contribution in [2.45, 2.75) is 25.6 Å². The molecule has 0 fully saturated rings. The van der Waals surface area contributed by atoms with Crippen molar-refractivity contribution in [1.82, 2.24) is 0 Å². The highest BCUT2D eigenvalue weighted by molar-refractivity contribution is 9.11. The molecule has 0 amide bonds. The summed E-state index contributed by atoms with van der Waals surface area (Å²) in [5, 5.41) is 0. The van der Waals surface area contributed by atoms with Gasteiger partial charge in [0.05, 0.1) is 4.83 Å². The van der Waals surface area contributed by atoms with E-state index in [1.165, 1.54) is 32.3 Å². The van der Waals surface area contributed by atoms with E-state index in [1.807, 2.05) is 0 Å². The highest BCUT2D eigenvalue weighted by Crippen LogP contribution is 2.38. The average Bonchev–Trinajstić information content (AvgIpc) is 2.32. The van der Waals surface area contributed by atoms with Gasteiger partial charge in [-0.25, -0.2) is 0 Å². The van der Waals surface area contributed by atoms with Crippen LogP contribution in [0.1, 0.15) is 32.6 Å². The minimum atomic E-state index is 0.229. The SMILES string of the molecule is Cc1ccc(C(Br)c2cccc(C)c2Br)c(C)c1. The van der Waals surface area contributed by atoms with E-state index >= 15 is 0 Å². The zero-order valence-electron chi connectivity index (χ0n) is 10.8. The molecule has 2 heteroatoms. The smallest absolute Gasteiger partial charge is 0.0658 e. The van der Waals surface area contributed by atoms with Crippen LogP contribution >= 0.6 is 31.9 Å². The Morgan fingerprint density at radius 2 is 1.61 bits per heavy atom. The lowest BCUT2D eigenvalue weighted by Gasteiger charge is -2.16. The summed E-state index contributed by atoms with van der Waals surface area (Å²) in [5.74, 6) is 0. The number of halogens is 2. The monoisotopic (exact) mass is 366 g/mol. The second kappa shape index (κ2) is 5.58. The highest BCUT2D eigenvalue weighted by Gasteiger charge is 2.16. The Balaban J connectivity index is 2.48. The van der Waals surface area contributed by atoms with Crippen molar-refractivity contribution in [3.8, 4) is 0 Å². The molecule has 2 aromatic carbocycles. The van der Waals surface area contributed by atoms with Gasteiger partial charge in [0.1, 0.15) is 0 Å². The van der Waals surface area contributed by atoms with Crippen molar-refractivity contribution >= 4 is 31.9 Å². The molecule has 0 aliphatic carbocycles. The molecule has 94 valence electrons. The predicted octanol–water partition coefficient (Wildman–Crippen LogP) is 5.86. The normalized spacial score (nSPS) is 12.5. The van der Waals surface area contributed by atoms with Gasteiger partial charge in [-0.2, -0.15) is 0 Å². The molecule has 0 radical (unpaired) electrons. The Bertz CT molecular complexity index is 573. The van der Waals surface area contributed by atoms with E-state index in [9.17, 15) is 0 Å². The predicted molar refractivity (Wildman–Crippen MR) is 85.6 cm³/mol. The summed E-state index contributed by atoms with van der Waals surface area (Å²) < 4.78 is 1.19. The second-order valence-electron chi connectivity index (χ2n) is 4.70. The van der Waals surface area contributed by atoms with Crippen molar-refractivity contribution in [2.75, 3.05) is 0 Å². The number of hydrogen-bond acceptors (Lipinski definition) is 0. The van der Waals surface area contributed by atoms with E-state index in [4.69, 9.17) is 0 Å². The van der Waals surface area contributed by atoms with E-state index < -0.39 is 0 Å². The van der Waals surface area contributed by atoms with Gasteiger partial charge in [-0.05, 0) is 43.0 Å². The first-order valence-electron chi connectivity index (χ1n) is 5.97. The third kappa shape index (κ3) is 2.70. The molecular formula is C16H16Br2. The molecule has 0 N–H and O–H groups in total. The molecule has 0 heterocycles. The van der Waals surface area contributed by atoms with Crippen LogP contribution in [0.3, 0.4) is 0 Å². The largest absolute Gasteiger partial charge is 0.0786 e. The van der Waals surface area contributed by atoms with Crippen LogP contribution < -0.4 is 0 Å². The molecule has 0 bridgehead atoms. The van der Waals surface area contributed by atoms with Gasteiger partial charge in [-0.15, -0.1) is 0 Å². The van der Waals surface area contributed by atoms with Gasteiger partial charge in [0.2, 0.25) is 0 Å². The van der Waals surface area contributed by atoms with Gasteiger partial charge in [-0.3, -0.25) is 0 Å². The minimum Gasteiger partial charge on any atom is -0.0786 e. The van der Waals surface area contributed by atoms with E-state index in [0.717, 1.165) is 0 Å².